The number of nitrogens with zero attached hydrogens (tertiary/aromatic N) is 8. The van der Waals surface area contributed by atoms with Crippen molar-refractivity contribution in [2.75, 3.05) is 116 Å². The summed E-state index contributed by atoms with van der Waals surface area (Å²) in [7, 11) is 0. The first-order valence-corrected chi connectivity index (χ1v) is 30.1. The third-order valence-corrected chi connectivity index (χ3v) is 18.8. The van der Waals surface area contributed by atoms with Crippen LogP contribution in [0.15, 0.2) is 134 Å². The van der Waals surface area contributed by atoms with Crippen LogP contribution in [0.1, 0.15) is 108 Å². The van der Waals surface area contributed by atoms with Gasteiger partial charge in [0.1, 0.15) is 5.75 Å². The van der Waals surface area contributed by atoms with Crippen LogP contribution in [0.4, 0.5) is 34.1 Å². The first-order chi connectivity index (χ1) is 40.7. The molecule has 9 aliphatic rings. The summed E-state index contributed by atoms with van der Waals surface area (Å²) in [6.07, 6.45) is 13.8. The summed E-state index contributed by atoms with van der Waals surface area (Å²) < 4.78 is 5.83. The number of para-hydroxylation sites is 4. The fourth-order valence-electron chi connectivity index (χ4n) is 15.0. The van der Waals surface area contributed by atoms with E-state index in [0.717, 1.165) is 144 Å². The minimum atomic E-state index is -0.419. The summed E-state index contributed by atoms with van der Waals surface area (Å²) in [5.74, 6) is 2.82. The summed E-state index contributed by atoms with van der Waals surface area (Å²) in [6, 6.07) is 37.6. The molecule has 6 aromatic rings. The standard InChI is InChI=1S/C22H26N4O2.C22H24N4O2.C22H25N3O2/c2*27-20(15-6-9-23-10-7-15)5-2-11-25-12-8-19-17(13-25)16-3-1-4-18-22(16)26(19)14-21(28)24-18;26-21-15-25-20-10-12-24(11-5-13-27-16-6-2-1-3-7-16)14-18(20)17-8-4-9-19(23-21)22(17)25/h1,3-4,6-7,9-10,17,19-20,27H,2,5,8,11-14H2,(H,24,28);1,3-4,6-7,9-10,17,19H,2,5,8,11-14H2,(H,24,28);1-4,6-9,18,20H,5,10-15H2,(H,23,26)/t17-,19-,20?;17-,19-;18-,20-/m000/s1. The quantitative estimate of drug-likeness (QED) is 0.0570. The highest BCUT2D eigenvalue weighted by Gasteiger charge is 2.48. The predicted molar refractivity (Wildman–Crippen MR) is 323 cm³/mol. The van der Waals surface area contributed by atoms with Crippen LogP contribution in [0.5, 0.6) is 5.75 Å². The Labute approximate surface area is 486 Å². The van der Waals surface area contributed by atoms with Gasteiger partial charge in [-0.25, -0.2) is 0 Å². The number of carbonyl (C=O) groups is 4. The molecule has 1 unspecified atom stereocenters. The first kappa shape index (κ1) is 54.5. The van der Waals surface area contributed by atoms with Gasteiger partial charge in [0, 0.05) is 118 Å². The molecule has 2 aromatic heterocycles. The van der Waals surface area contributed by atoms with Gasteiger partial charge in [0.25, 0.3) is 0 Å². The lowest BCUT2D eigenvalue weighted by Gasteiger charge is -2.39. The average molecular weight is 1120 g/mol. The molecule has 11 heterocycles. The smallest absolute Gasteiger partial charge is 0.243 e. The molecule has 3 amide bonds. The number of likely N-dealkylation sites (tertiary alicyclic amines) is 3. The van der Waals surface area contributed by atoms with E-state index >= 15 is 0 Å². The molecule has 3 fully saturated rings. The number of nitrogens with one attached hydrogen (secondary N) is 3. The van der Waals surface area contributed by atoms with E-state index in [-0.39, 0.29) is 23.5 Å². The molecule has 4 N–H and O–H groups in total. The van der Waals surface area contributed by atoms with Crippen LogP contribution in [0, 0.1) is 0 Å². The second-order valence-electron chi connectivity index (χ2n) is 23.8. The molecule has 7 atom stereocenters. The van der Waals surface area contributed by atoms with Crippen molar-refractivity contribution in [3.05, 3.63) is 162 Å². The van der Waals surface area contributed by atoms with Crippen molar-refractivity contribution in [3.63, 3.8) is 0 Å². The molecule has 17 heteroatoms. The van der Waals surface area contributed by atoms with E-state index in [4.69, 9.17) is 4.74 Å². The minimum absolute atomic E-state index is 0.0855. The van der Waals surface area contributed by atoms with Crippen LogP contribution >= 0.6 is 0 Å². The van der Waals surface area contributed by atoms with Gasteiger partial charge >= 0.3 is 0 Å². The monoisotopic (exact) mass is 1120 g/mol. The molecule has 0 bridgehead atoms. The van der Waals surface area contributed by atoms with Crippen LogP contribution in [-0.4, -0.2) is 157 Å². The highest BCUT2D eigenvalue weighted by Crippen LogP contribution is 2.52. The molecule has 4 aromatic carbocycles. The van der Waals surface area contributed by atoms with Crippen molar-refractivity contribution in [1.82, 2.24) is 24.7 Å². The van der Waals surface area contributed by atoms with E-state index in [2.05, 4.69) is 85.6 Å². The Bertz CT molecular complexity index is 3320. The van der Waals surface area contributed by atoms with Crippen molar-refractivity contribution >= 4 is 57.6 Å². The molecule has 9 aliphatic heterocycles. The van der Waals surface area contributed by atoms with Gasteiger partial charge < -0.3 is 55.2 Å². The number of benzene rings is 4. The molecule has 0 radical (unpaired) electrons. The third-order valence-electron chi connectivity index (χ3n) is 18.8. The third kappa shape index (κ3) is 11.4. The number of aliphatic hydroxyl groups excluding tert-OH is 1. The second-order valence-corrected chi connectivity index (χ2v) is 23.8. The SMILES string of the molecule is O=C1CN2c3c(cccc3[C@@H]3CN(CCCC(=O)c4ccncc4)CC[C@@H]32)N1.O=C1CN2c3c(cccc3[C@@H]3CN(CCCC(O)c4ccncc4)CC[C@@H]32)N1.O=C1CN2c3c(cccc3[C@@H]3CN(CCCOc4ccccc4)CC[C@@H]32)N1. The normalized spacial score (nSPS) is 23.7. The van der Waals surface area contributed by atoms with Gasteiger partial charge in [-0.3, -0.25) is 29.1 Å². The number of pyridine rings is 2. The Balaban J connectivity index is 0.000000117. The summed E-state index contributed by atoms with van der Waals surface area (Å²) in [5.41, 5.74) is 12.5. The number of hydrogen-bond acceptors (Lipinski definition) is 14. The zero-order valence-electron chi connectivity index (χ0n) is 47.2. The number of Topliss-reactive ketones (excluding diaryl/α,β-unsaturated/α-hetero) is 1. The van der Waals surface area contributed by atoms with Crippen molar-refractivity contribution in [2.45, 2.75) is 93.3 Å². The lowest BCUT2D eigenvalue weighted by Crippen LogP contribution is -2.49. The van der Waals surface area contributed by atoms with Gasteiger partial charge in [-0.1, -0.05) is 54.6 Å². The molecule has 3 saturated heterocycles. The van der Waals surface area contributed by atoms with Gasteiger partial charge in [-0.15, -0.1) is 0 Å². The predicted octanol–water partition coefficient (Wildman–Crippen LogP) is 8.29. The zero-order valence-corrected chi connectivity index (χ0v) is 47.2. The number of ketones is 1. The number of ether oxygens (including phenoxy) is 1. The summed E-state index contributed by atoms with van der Waals surface area (Å²) in [6.45, 7) is 11.4. The number of aromatic nitrogens is 2. The van der Waals surface area contributed by atoms with E-state index in [0.29, 0.717) is 61.9 Å². The molecular weight excluding hydrogens is 1040 g/mol. The van der Waals surface area contributed by atoms with Gasteiger partial charge in [0.2, 0.25) is 17.7 Å². The van der Waals surface area contributed by atoms with Crippen molar-refractivity contribution in [2.24, 2.45) is 0 Å². The average Bonchev–Trinajstić information content (AvgIpc) is 3.06. The molecule has 0 aliphatic carbocycles. The van der Waals surface area contributed by atoms with E-state index in [1.807, 2.05) is 66.7 Å². The highest BCUT2D eigenvalue weighted by molar-refractivity contribution is 6.05. The van der Waals surface area contributed by atoms with E-state index in [1.54, 1.807) is 36.9 Å². The van der Waals surface area contributed by atoms with Crippen LogP contribution in [0.2, 0.25) is 0 Å². The van der Waals surface area contributed by atoms with Crippen LogP contribution in [-0.2, 0) is 14.4 Å². The fraction of sp³-hybridized carbons (Fsp3) is 0.424. The van der Waals surface area contributed by atoms with Crippen molar-refractivity contribution in [1.29, 1.82) is 0 Å². The van der Waals surface area contributed by atoms with Crippen LogP contribution < -0.4 is 35.4 Å². The van der Waals surface area contributed by atoms with Crippen molar-refractivity contribution < 1.29 is 29.0 Å². The largest absolute Gasteiger partial charge is 0.494 e. The fourth-order valence-corrected chi connectivity index (χ4v) is 15.0. The van der Waals surface area contributed by atoms with Gasteiger partial charge in [-0.05, 0) is 135 Å². The van der Waals surface area contributed by atoms with Gasteiger partial charge in [0.05, 0.1) is 66.5 Å². The lowest BCUT2D eigenvalue weighted by atomic mass is 9.89. The summed E-state index contributed by atoms with van der Waals surface area (Å²) in [4.78, 5) is 71.1. The molecule has 17 nitrogen and oxygen atoms in total. The molecule has 430 valence electrons. The Morgan fingerprint density at radius 2 is 0.964 bits per heavy atom. The number of hydrogen-bond donors (Lipinski definition) is 4. The van der Waals surface area contributed by atoms with E-state index < -0.39 is 6.10 Å². The van der Waals surface area contributed by atoms with E-state index in [9.17, 15) is 24.3 Å². The molecule has 0 saturated carbocycles. The number of anilines is 6. The Morgan fingerprint density at radius 3 is 1.43 bits per heavy atom. The molecule has 83 heavy (non-hydrogen) atoms. The summed E-state index contributed by atoms with van der Waals surface area (Å²) in [5, 5.41) is 19.5. The zero-order chi connectivity index (χ0) is 56.4. The van der Waals surface area contributed by atoms with Gasteiger partial charge in [-0.2, -0.15) is 0 Å². The molecular formula is C66H75N11O6. The highest BCUT2D eigenvalue weighted by atomic mass is 16.5. The number of piperidine rings is 3. The second kappa shape index (κ2) is 24.3. The molecule has 0 spiro atoms. The Kier molecular flexibility index (Phi) is 15.9. The number of amides is 3. The maximum Gasteiger partial charge on any atom is 0.243 e. The topological polar surface area (TPSA) is 179 Å². The number of rotatable bonds is 15. The maximum absolute atomic E-state index is 12.3. The lowest BCUT2D eigenvalue weighted by molar-refractivity contribution is -0.116. The van der Waals surface area contributed by atoms with E-state index in [1.165, 1.54) is 33.8 Å². The first-order valence-electron chi connectivity index (χ1n) is 30.1. The van der Waals surface area contributed by atoms with Crippen molar-refractivity contribution in [3.8, 4) is 5.75 Å². The Morgan fingerprint density at radius 1 is 0.530 bits per heavy atom. The minimum Gasteiger partial charge on any atom is -0.494 e. The van der Waals surface area contributed by atoms with Crippen LogP contribution in [0.3, 0.4) is 0 Å². The maximum atomic E-state index is 12.3. The van der Waals surface area contributed by atoms with Crippen LogP contribution in [0.25, 0.3) is 0 Å². The number of fused-ring (bicyclic) bond motifs is 9. The number of carbonyl (C=O) groups excluding carboxylic acids is 4. The van der Waals surface area contributed by atoms with Gasteiger partial charge in [0.15, 0.2) is 5.78 Å². The summed E-state index contributed by atoms with van der Waals surface area (Å²) >= 11 is 0. The Hall–Kier alpha value is -7.70. The molecule has 15 rings (SSSR count). The number of aliphatic hydroxyl groups is 1.